The number of nitrogens with zero attached hydrogens (tertiary/aromatic N) is 1. The van der Waals surface area contributed by atoms with Gasteiger partial charge in [-0.05, 0) is 74.7 Å². The topological polar surface area (TPSA) is 32.3 Å². The van der Waals surface area contributed by atoms with Crippen LogP contribution in [0, 0.1) is 19.8 Å². The van der Waals surface area contributed by atoms with Crippen molar-refractivity contribution < 1.29 is 4.79 Å². The molecule has 1 saturated heterocycles. The molecule has 1 amide bonds. The molecule has 2 aromatic carbocycles. The molecule has 0 spiro atoms. The number of hydrogen-bond acceptors (Lipinski definition) is 2. The number of amides is 1. The van der Waals surface area contributed by atoms with Gasteiger partial charge < -0.3 is 5.32 Å². The van der Waals surface area contributed by atoms with Gasteiger partial charge in [-0.25, -0.2) is 0 Å². The van der Waals surface area contributed by atoms with Crippen LogP contribution in [0.4, 0.5) is 5.69 Å². The minimum Gasteiger partial charge on any atom is -0.326 e. The molecule has 1 aliphatic heterocycles. The first-order valence-corrected chi connectivity index (χ1v) is 9.24. The molecular formula is C21H25ClN2O. The van der Waals surface area contributed by atoms with Crippen molar-refractivity contribution in [3.05, 3.63) is 64.2 Å². The third-order valence-corrected chi connectivity index (χ3v) is 5.29. The van der Waals surface area contributed by atoms with E-state index in [0.29, 0.717) is 5.02 Å². The van der Waals surface area contributed by atoms with Crippen LogP contribution >= 0.6 is 11.6 Å². The first-order valence-electron chi connectivity index (χ1n) is 8.87. The average molecular weight is 357 g/mol. The highest BCUT2D eigenvalue weighted by molar-refractivity contribution is 6.30. The van der Waals surface area contributed by atoms with Crippen molar-refractivity contribution in [2.24, 2.45) is 5.92 Å². The maximum absolute atomic E-state index is 12.6. The maximum atomic E-state index is 12.6. The summed E-state index contributed by atoms with van der Waals surface area (Å²) in [6.07, 6.45) is 1.81. The Hall–Kier alpha value is -1.84. The van der Waals surface area contributed by atoms with Crippen molar-refractivity contribution in [1.29, 1.82) is 0 Å². The summed E-state index contributed by atoms with van der Waals surface area (Å²) in [5.41, 5.74) is 4.57. The molecule has 1 aliphatic rings. The lowest BCUT2D eigenvalue weighted by molar-refractivity contribution is -0.121. The fourth-order valence-electron chi connectivity index (χ4n) is 3.38. The number of carbonyl (C=O) groups excluding carboxylic acids is 1. The summed E-state index contributed by atoms with van der Waals surface area (Å²) in [5.74, 6) is 0.212. The first kappa shape index (κ1) is 18.0. The number of aryl methyl sites for hydroxylation is 2. The van der Waals surface area contributed by atoms with Gasteiger partial charge in [-0.2, -0.15) is 0 Å². The fraction of sp³-hybridized carbons (Fsp3) is 0.381. The Kier molecular flexibility index (Phi) is 5.77. The molecule has 0 radical (unpaired) electrons. The van der Waals surface area contributed by atoms with E-state index < -0.39 is 0 Å². The highest BCUT2D eigenvalue weighted by Crippen LogP contribution is 2.24. The predicted octanol–water partition coefficient (Wildman–Crippen LogP) is 4.81. The Morgan fingerprint density at radius 3 is 2.52 bits per heavy atom. The Bertz CT molecular complexity index is 751. The van der Waals surface area contributed by atoms with E-state index in [1.807, 2.05) is 25.1 Å². The van der Waals surface area contributed by atoms with Gasteiger partial charge in [0.05, 0.1) is 0 Å². The van der Waals surface area contributed by atoms with Crippen LogP contribution in [-0.2, 0) is 11.3 Å². The molecule has 4 heteroatoms. The van der Waals surface area contributed by atoms with Crippen LogP contribution in [0.3, 0.4) is 0 Å². The summed E-state index contributed by atoms with van der Waals surface area (Å²) in [5, 5.41) is 3.76. The van der Waals surface area contributed by atoms with Crippen molar-refractivity contribution in [2.75, 3.05) is 18.4 Å². The van der Waals surface area contributed by atoms with Gasteiger partial charge >= 0.3 is 0 Å². The molecule has 3 rings (SSSR count). The normalized spacial score (nSPS) is 16.0. The van der Waals surface area contributed by atoms with Gasteiger partial charge in [-0.15, -0.1) is 0 Å². The molecule has 3 nitrogen and oxygen atoms in total. The van der Waals surface area contributed by atoms with Gasteiger partial charge in [0, 0.05) is 23.2 Å². The van der Waals surface area contributed by atoms with Crippen molar-refractivity contribution >= 4 is 23.2 Å². The largest absolute Gasteiger partial charge is 0.326 e. The van der Waals surface area contributed by atoms with E-state index >= 15 is 0 Å². The van der Waals surface area contributed by atoms with Crippen molar-refractivity contribution in [3.63, 3.8) is 0 Å². The number of nitrogens with one attached hydrogen (secondary N) is 1. The second-order valence-corrected chi connectivity index (χ2v) is 7.36. The van der Waals surface area contributed by atoms with E-state index in [9.17, 15) is 4.79 Å². The molecular weight excluding hydrogens is 332 g/mol. The minimum atomic E-state index is 0.0863. The molecule has 0 atom stereocenters. The molecule has 0 saturated carbocycles. The Labute approximate surface area is 155 Å². The monoisotopic (exact) mass is 356 g/mol. The average Bonchev–Trinajstić information content (AvgIpc) is 2.60. The number of carbonyl (C=O) groups is 1. The van der Waals surface area contributed by atoms with E-state index in [4.69, 9.17) is 11.6 Å². The van der Waals surface area contributed by atoms with Crippen LogP contribution in [0.1, 0.15) is 29.5 Å². The zero-order valence-electron chi connectivity index (χ0n) is 14.9. The summed E-state index contributed by atoms with van der Waals surface area (Å²) in [4.78, 5) is 15.0. The quantitative estimate of drug-likeness (QED) is 0.852. The highest BCUT2D eigenvalue weighted by Gasteiger charge is 2.25. The number of benzene rings is 2. The Balaban J connectivity index is 1.53. The van der Waals surface area contributed by atoms with E-state index in [1.54, 1.807) is 0 Å². The van der Waals surface area contributed by atoms with Crippen LogP contribution in [-0.4, -0.2) is 23.9 Å². The second kappa shape index (κ2) is 8.03. The first-order chi connectivity index (χ1) is 12.0. The zero-order valence-corrected chi connectivity index (χ0v) is 15.6. The standard InChI is InChI=1S/C21H25ClN2O/c1-15-5-3-4-6-18(15)14-24-11-9-17(10-12-24)21(25)23-20-8-7-19(22)13-16(20)2/h3-8,13,17H,9-12,14H2,1-2H3,(H,23,25). The molecule has 0 aromatic heterocycles. The van der Waals surface area contributed by atoms with E-state index in [0.717, 1.165) is 43.7 Å². The van der Waals surface area contributed by atoms with Crippen LogP contribution in [0.15, 0.2) is 42.5 Å². The Morgan fingerprint density at radius 1 is 1.12 bits per heavy atom. The summed E-state index contributed by atoms with van der Waals surface area (Å²) in [6.45, 7) is 7.02. The molecule has 0 unspecified atom stereocenters. The van der Waals surface area contributed by atoms with E-state index in [1.165, 1.54) is 11.1 Å². The number of anilines is 1. The van der Waals surface area contributed by atoms with Crippen LogP contribution < -0.4 is 5.32 Å². The number of piperidine rings is 1. The number of halogens is 1. The molecule has 1 N–H and O–H groups in total. The zero-order chi connectivity index (χ0) is 17.8. The van der Waals surface area contributed by atoms with E-state index in [-0.39, 0.29) is 11.8 Å². The lowest BCUT2D eigenvalue weighted by Crippen LogP contribution is -2.38. The summed E-state index contributed by atoms with van der Waals surface area (Å²) < 4.78 is 0. The molecule has 1 heterocycles. The summed E-state index contributed by atoms with van der Waals surface area (Å²) in [7, 11) is 0. The third-order valence-electron chi connectivity index (χ3n) is 5.06. The van der Waals surface area contributed by atoms with E-state index in [2.05, 4.69) is 41.4 Å². The highest BCUT2D eigenvalue weighted by atomic mass is 35.5. The SMILES string of the molecule is Cc1ccccc1CN1CCC(C(=O)Nc2ccc(Cl)cc2C)CC1. The van der Waals surface area contributed by atoms with Gasteiger partial charge in [0.15, 0.2) is 0 Å². The van der Waals surface area contributed by atoms with Gasteiger partial charge in [0.2, 0.25) is 5.91 Å². The molecule has 25 heavy (non-hydrogen) atoms. The molecule has 0 aliphatic carbocycles. The summed E-state index contributed by atoms with van der Waals surface area (Å²) in [6, 6.07) is 14.1. The minimum absolute atomic E-state index is 0.0863. The van der Waals surface area contributed by atoms with Gasteiger partial charge in [0.25, 0.3) is 0 Å². The van der Waals surface area contributed by atoms with Crippen LogP contribution in [0.2, 0.25) is 5.02 Å². The molecule has 2 aromatic rings. The van der Waals surface area contributed by atoms with Gasteiger partial charge in [-0.3, -0.25) is 9.69 Å². The third kappa shape index (κ3) is 4.62. The lowest BCUT2D eigenvalue weighted by atomic mass is 9.95. The fourth-order valence-corrected chi connectivity index (χ4v) is 3.61. The molecule has 0 bridgehead atoms. The van der Waals surface area contributed by atoms with Crippen LogP contribution in [0.5, 0.6) is 0 Å². The summed E-state index contributed by atoms with van der Waals surface area (Å²) >= 11 is 5.98. The second-order valence-electron chi connectivity index (χ2n) is 6.93. The molecule has 132 valence electrons. The number of hydrogen-bond donors (Lipinski definition) is 1. The van der Waals surface area contributed by atoms with Crippen molar-refractivity contribution in [2.45, 2.75) is 33.2 Å². The lowest BCUT2D eigenvalue weighted by Gasteiger charge is -2.31. The number of rotatable bonds is 4. The predicted molar refractivity (Wildman–Crippen MR) is 104 cm³/mol. The maximum Gasteiger partial charge on any atom is 0.227 e. The van der Waals surface area contributed by atoms with Crippen molar-refractivity contribution in [1.82, 2.24) is 4.90 Å². The van der Waals surface area contributed by atoms with Gasteiger partial charge in [-0.1, -0.05) is 35.9 Å². The number of likely N-dealkylation sites (tertiary alicyclic amines) is 1. The van der Waals surface area contributed by atoms with Crippen molar-refractivity contribution in [3.8, 4) is 0 Å². The van der Waals surface area contributed by atoms with Gasteiger partial charge in [0.1, 0.15) is 0 Å². The van der Waals surface area contributed by atoms with Crippen LogP contribution in [0.25, 0.3) is 0 Å². The Morgan fingerprint density at radius 2 is 1.84 bits per heavy atom. The molecule has 1 fully saturated rings. The smallest absolute Gasteiger partial charge is 0.227 e.